The summed E-state index contributed by atoms with van der Waals surface area (Å²) in [4.78, 5) is 0. The van der Waals surface area contributed by atoms with E-state index in [2.05, 4.69) is 10.6 Å². The van der Waals surface area contributed by atoms with Crippen LogP contribution in [0.2, 0.25) is 0 Å². The molecule has 3 aromatic rings. The first-order valence-corrected chi connectivity index (χ1v) is 7.05. The molecule has 0 aliphatic heterocycles. The van der Waals surface area contributed by atoms with E-state index >= 15 is 0 Å². The van der Waals surface area contributed by atoms with Crippen LogP contribution in [0.15, 0.2) is 60.7 Å². The van der Waals surface area contributed by atoms with Crippen LogP contribution in [0.3, 0.4) is 0 Å². The van der Waals surface area contributed by atoms with Crippen molar-refractivity contribution >= 4 is 47.2 Å². The Bertz CT molecular complexity index is 719. The lowest BCUT2D eigenvalue weighted by Crippen LogP contribution is -2.03. The van der Waals surface area contributed by atoms with E-state index in [1.165, 1.54) is 0 Å². The molecular formula is C16H12N2S2. The largest absolute Gasteiger partial charge is 0.353 e. The molecule has 3 rings (SSSR count). The molecule has 4 heteroatoms. The van der Waals surface area contributed by atoms with Crippen LogP contribution in [0.5, 0.6) is 0 Å². The zero-order valence-corrected chi connectivity index (χ0v) is 12.2. The van der Waals surface area contributed by atoms with E-state index in [4.69, 9.17) is 24.4 Å². The van der Waals surface area contributed by atoms with Crippen molar-refractivity contribution in [3.05, 3.63) is 69.7 Å². The SMILES string of the molecule is S=c1c(Nc2ccccc2)c(Nc2ccccc2)c1=S. The molecule has 0 bridgehead atoms. The maximum absolute atomic E-state index is 5.32. The monoisotopic (exact) mass is 296 g/mol. The Morgan fingerprint density at radius 1 is 0.550 bits per heavy atom. The Balaban J connectivity index is 1.88. The van der Waals surface area contributed by atoms with E-state index in [1.807, 2.05) is 60.7 Å². The summed E-state index contributed by atoms with van der Waals surface area (Å²) in [6.45, 7) is 0. The van der Waals surface area contributed by atoms with Gasteiger partial charge in [0.2, 0.25) is 0 Å². The molecule has 0 heterocycles. The molecule has 2 N–H and O–H groups in total. The van der Waals surface area contributed by atoms with Crippen LogP contribution in [0.1, 0.15) is 0 Å². The quantitative estimate of drug-likeness (QED) is 0.620. The molecule has 0 saturated carbocycles. The molecule has 0 spiro atoms. The second-order valence-electron chi connectivity index (χ2n) is 4.39. The molecule has 0 aromatic heterocycles. The second kappa shape index (κ2) is 5.53. The standard InChI is InChI=1S/C16H12N2S2/c19-15-13(17-11-7-3-1-4-8-11)14(16(15)20)18-12-9-5-2-6-10-12/h1-10,17-18H. The Morgan fingerprint density at radius 2 is 0.900 bits per heavy atom. The van der Waals surface area contributed by atoms with Crippen molar-refractivity contribution in [1.29, 1.82) is 0 Å². The molecule has 0 unspecified atom stereocenters. The average Bonchev–Trinajstić information content (AvgIpc) is 2.52. The van der Waals surface area contributed by atoms with E-state index in [1.54, 1.807) is 0 Å². The van der Waals surface area contributed by atoms with Crippen LogP contribution in [-0.4, -0.2) is 0 Å². The van der Waals surface area contributed by atoms with Crippen LogP contribution >= 0.6 is 24.4 Å². The van der Waals surface area contributed by atoms with E-state index in [9.17, 15) is 0 Å². The summed E-state index contributed by atoms with van der Waals surface area (Å²) in [5.74, 6) is 0. The summed E-state index contributed by atoms with van der Waals surface area (Å²) < 4.78 is 1.42. The van der Waals surface area contributed by atoms with Gasteiger partial charge in [0.15, 0.2) is 0 Å². The van der Waals surface area contributed by atoms with Gasteiger partial charge >= 0.3 is 0 Å². The van der Waals surface area contributed by atoms with Crippen LogP contribution < -0.4 is 10.6 Å². The molecule has 0 radical (unpaired) electrons. The van der Waals surface area contributed by atoms with Crippen LogP contribution in [0.25, 0.3) is 0 Å². The van der Waals surface area contributed by atoms with Crippen LogP contribution in [0, 0.1) is 9.02 Å². The Morgan fingerprint density at radius 3 is 1.25 bits per heavy atom. The highest BCUT2D eigenvalue weighted by atomic mass is 32.1. The molecule has 0 saturated heterocycles. The predicted molar refractivity (Wildman–Crippen MR) is 89.9 cm³/mol. The van der Waals surface area contributed by atoms with Gasteiger partial charge in [-0.3, -0.25) is 0 Å². The summed E-state index contributed by atoms with van der Waals surface area (Å²) in [5, 5.41) is 6.63. The fraction of sp³-hybridized carbons (Fsp3) is 0. The third kappa shape index (κ3) is 2.48. The molecule has 0 aliphatic rings. The second-order valence-corrected chi connectivity index (χ2v) is 5.21. The van der Waals surface area contributed by atoms with Crippen molar-refractivity contribution in [2.45, 2.75) is 0 Å². The highest BCUT2D eigenvalue weighted by Crippen LogP contribution is 2.36. The highest BCUT2D eigenvalue weighted by Gasteiger charge is 2.14. The highest BCUT2D eigenvalue weighted by molar-refractivity contribution is 7.74. The fourth-order valence-corrected chi connectivity index (χ4v) is 2.47. The first-order valence-electron chi connectivity index (χ1n) is 6.23. The van der Waals surface area contributed by atoms with Crippen molar-refractivity contribution in [3.8, 4) is 0 Å². The van der Waals surface area contributed by atoms with Crippen LogP contribution in [-0.2, 0) is 0 Å². The van der Waals surface area contributed by atoms with Gasteiger partial charge in [-0.05, 0) is 24.3 Å². The third-order valence-electron chi connectivity index (χ3n) is 3.00. The van der Waals surface area contributed by atoms with Gasteiger partial charge in [0.1, 0.15) is 0 Å². The summed E-state index contributed by atoms with van der Waals surface area (Å²) in [7, 11) is 0. The number of hydrogen-bond acceptors (Lipinski definition) is 4. The summed E-state index contributed by atoms with van der Waals surface area (Å²) >= 11 is 10.6. The Labute approximate surface area is 127 Å². The van der Waals surface area contributed by atoms with Gasteiger partial charge in [0.05, 0.1) is 20.4 Å². The van der Waals surface area contributed by atoms with E-state index < -0.39 is 0 Å². The predicted octanol–water partition coefficient (Wildman–Crippen LogP) is 5.51. The molecule has 3 aromatic carbocycles. The van der Waals surface area contributed by atoms with Crippen molar-refractivity contribution in [2.75, 3.05) is 10.6 Å². The smallest absolute Gasteiger partial charge is 0.0838 e. The van der Waals surface area contributed by atoms with Gasteiger partial charge in [0.25, 0.3) is 0 Å². The summed E-state index contributed by atoms with van der Waals surface area (Å²) in [6, 6.07) is 19.9. The molecule has 0 fully saturated rings. The fourth-order valence-electron chi connectivity index (χ4n) is 1.96. The molecule has 0 amide bonds. The number of benzene rings is 2. The maximum atomic E-state index is 5.32. The average molecular weight is 296 g/mol. The van der Waals surface area contributed by atoms with Gasteiger partial charge in [-0.1, -0.05) is 60.8 Å². The van der Waals surface area contributed by atoms with Gasteiger partial charge in [-0.15, -0.1) is 0 Å². The van der Waals surface area contributed by atoms with Gasteiger partial charge in [-0.2, -0.15) is 0 Å². The molecule has 98 valence electrons. The maximum Gasteiger partial charge on any atom is 0.0838 e. The van der Waals surface area contributed by atoms with Crippen molar-refractivity contribution in [3.63, 3.8) is 0 Å². The molecular weight excluding hydrogens is 284 g/mol. The van der Waals surface area contributed by atoms with Crippen molar-refractivity contribution in [1.82, 2.24) is 0 Å². The zero-order chi connectivity index (χ0) is 13.9. The first kappa shape index (κ1) is 13.0. The third-order valence-corrected chi connectivity index (χ3v) is 3.94. The molecule has 0 aliphatic carbocycles. The van der Waals surface area contributed by atoms with Gasteiger partial charge in [0, 0.05) is 11.4 Å². The topological polar surface area (TPSA) is 24.1 Å². The number of rotatable bonds is 4. The lowest BCUT2D eigenvalue weighted by molar-refractivity contribution is 1.45. The molecule has 0 atom stereocenters. The number of anilines is 4. The minimum atomic E-state index is 0.710. The van der Waals surface area contributed by atoms with Crippen molar-refractivity contribution in [2.24, 2.45) is 0 Å². The van der Waals surface area contributed by atoms with Crippen LogP contribution in [0.4, 0.5) is 22.7 Å². The first-order chi connectivity index (χ1) is 9.75. The summed E-state index contributed by atoms with van der Waals surface area (Å²) in [5.41, 5.74) is 3.78. The zero-order valence-electron chi connectivity index (χ0n) is 10.6. The normalized spacial score (nSPS) is 10.4. The summed E-state index contributed by atoms with van der Waals surface area (Å²) in [6.07, 6.45) is 0. The van der Waals surface area contributed by atoms with Crippen molar-refractivity contribution < 1.29 is 0 Å². The lowest BCUT2D eigenvalue weighted by atomic mass is 10.2. The number of nitrogens with one attached hydrogen (secondary N) is 2. The number of para-hydroxylation sites is 2. The lowest BCUT2D eigenvalue weighted by Gasteiger charge is -2.18. The minimum Gasteiger partial charge on any atom is -0.353 e. The Hall–Kier alpha value is -2.04. The minimum absolute atomic E-state index is 0.710. The molecule has 2 nitrogen and oxygen atoms in total. The van der Waals surface area contributed by atoms with E-state index in [0.717, 1.165) is 22.7 Å². The van der Waals surface area contributed by atoms with Gasteiger partial charge < -0.3 is 10.6 Å². The Kier molecular flexibility index (Phi) is 3.58. The molecule has 20 heavy (non-hydrogen) atoms. The number of hydrogen-bond donors (Lipinski definition) is 2. The van der Waals surface area contributed by atoms with E-state index in [0.29, 0.717) is 9.02 Å². The van der Waals surface area contributed by atoms with E-state index in [-0.39, 0.29) is 0 Å². The van der Waals surface area contributed by atoms with Gasteiger partial charge in [-0.25, -0.2) is 0 Å².